The van der Waals surface area contributed by atoms with Gasteiger partial charge >= 0.3 is 0 Å². The van der Waals surface area contributed by atoms with Crippen LogP contribution in [-0.2, 0) is 17.9 Å². The van der Waals surface area contributed by atoms with Crippen LogP contribution in [0.25, 0.3) is 0 Å². The lowest BCUT2D eigenvalue weighted by molar-refractivity contribution is -0.113. The third-order valence-corrected chi connectivity index (χ3v) is 5.89. The number of anilines is 1. The first-order valence-electron chi connectivity index (χ1n) is 9.58. The van der Waals surface area contributed by atoms with E-state index in [4.69, 9.17) is 0 Å². The molecule has 2 aromatic heterocycles. The van der Waals surface area contributed by atoms with Crippen LogP contribution in [0.3, 0.4) is 0 Å². The van der Waals surface area contributed by atoms with Crippen molar-refractivity contribution in [1.29, 1.82) is 5.26 Å². The van der Waals surface area contributed by atoms with Gasteiger partial charge in [0.05, 0.1) is 11.3 Å². The molecule has 0 saturated carbocycles. The van der Waals surface area contributed by atoms with Crippen molar-refractivity contribution in [2.24, 2.45) is 0 Å². The lowest BCUT2D eigenvalue weighted by atomic mass is 10.2. The Morgan fingerprint density at radius 2 is 1.97 bits per heavy atom. The molecule has 30 heavy (non-hydrogen) atoms. The summed E-state index contributed by atoms with van der Waals surface area (Å²) in [6, 6.07) is 13.5. The predicted molar refractivity (Wildman–Crippen MR) is 118 cm³/mol. The average Bonchev–Trinajstić information content (AvgIpc) is 2.97. The number of aryl methyl sites for hydroxylation is 1. The molecule has 3 aromatic rings. The Bertz CT molecular complexity index is 1160. The van der Waals surface area contributed by atoms with E-state index < -0.39 is 0 Å². The van der Waals surface area contributed by atoms with Crippen molar-refractivity contribution in [1.82, 2.24) is 14.1 Å². The van der Waals surface area contributed by atoms with Gasteiger partial charge in [0.15, 0.2) is 5.16 Å². The molecule has 0 fully saturated rings. The standard InChI is InChI=1S/C22H23N5O2S/c1-4-26-11-10-19(28)25-22(26)30-14-20(29)24-21-18(12-23)15(2)16(3)27(21)13-17-8-6-5-7-9-17/h5-11H,4,13-14H2,1-3H3,(H,24,29). The summed E-state index contributed by atoms with van der Waals surface area (Å²) >= 11 is 1.20. The molecule has 0 aliphatic carbocycles. The number of nitrogens with one attached hydrogen (secondary N) is 1. The van der Waals surface area contributed by atoms with E-state index in [0.717, 1.165) is 16.8 Å². The van der Waals surface area contributed by atoms with Crippen LogP contribution in [0.5, 0.6) is 0 Å². The number of aromatic nitrogens is 3. The van der Waals surface area contributed by atoms with E-state index in [1.807, 2.05) is 60.2 Å². The van der Waals surface area contributed by atoms with Crippen LogP contribution in [0.15, 0.2) is 52.5 Å². The molecule has 0 radical (unpaired) electrons. The molecule has 1 amide bonds. The van der Waals surface area contributed by atoms with Crippen LogP contribution in [0.4, 0.5) is 5.82 Å². The van der Waals surface area contributed by atoms with E-state index in [0.29, 0.717) is 29.6 Å². The number of amides is 1. The number of thioether (sulfide) groups is 1. The lowest BCUT2D eigenvalue weighted by Crippen LogP contribution is -2.20. The maximum Gasteiger partial charge on any atom is 0.273 e. The number of nitriles is 1. The number of hydrogen-bond acceptors (Lipinski definition) is 5. The molecular weight excluding hydrogens is 398 g/mol. The SMILES string of the molecule is CCn1ccc(=O)nc1SCC(=O)Nc1c(C#N)c(C)c(C)n1Cc1ccccc1. The van der Waals surface area contributed by atoms with E-state index in [2.05, 4.69) is 16.4 Å². The number of carbonyl (C=O) groups excluding carboxylic acids is 1. The number of nitrogens with zero attached hydrogens (tertiary/aromatic N) is 4. The Hall–Kier alpha value is -3.31. The summed E-state index contributed by atoms with van der Waals surface area (Å²) in [5.41, 5.74) is 2.98. The summed E-state index contributed by atoms with van der Waals surface area (Å²) in [5, 5.41) is 13.0. The molecule has 0 aliphatic heterocycles. The molecule has 0 aliphatic rings. The molecule has 0 saturated heterocycles. The highest BCUT2D eigenvalue weighted by Gasteiger charge is 2.20. The molecule has 1 N–H and O–H groups in total. The molecule has 0 spiro atoms. The van der Waals surface area contributed by atoms with Crippen LogP contribution in [0.1, 0.15) is 29.3 Å². The lowest BCUT2D eigenvalue weighted by Gasteiger charge is -2.14. The molecule has 1 aromatic carbocycles. The van der Waals surface area contributed by atoms with Gasteiger partial charge in [-0.1, -0.05) is 42.1 Å². The van der Waals surface area contributed by atoms with Crippen molar-refractivity contribution < 1.29 is 4.79 Å². The fourth-order valence-corrected chi connectivity index (χ4v) is 4.00. The Balaban J connectivity index is 1.82. The fraction of sp³-hybridized carbons (Fsp3) is 0.273. The maximum atomic E-state index is 12.7. The van der Waals surface area contributed by atoms with E-state index in [-0.39, 0.29) is 17.2 Å². The topological polar surface area (TPSA) is 92.7 Å². The highest BCUT2D eigenvalue weighted by atomic mass is 32.2. The third-order valence-electron chi connectivity index (χ3n) is 4.90. The van der Waals surface area contributed by atoms with E-state index in [9.17, 15) is 14.9 Å². The van der Waals surface area contributed by atoms with Gasteiger partial charge in [-0.15, -0.1) is 0 Å². The number of rotatable bonds is 7. The van der Waals surface area contributed by atoms with Crippen molar-refractivity contribution in [3.05, 3.63) is 75.3 Å². The van der Waals surface area contributed by atoms with Crippen molar-refractivity contribution in [2.75, 3.05) is 11.1 Å². The highest BCUT2D eigenvalue weighted by Crippen LogP contribution is 2.27. The molecule has 8 heteroatoms. The van der Waals surface area contributed by atoms with E-state index in [1.54, 1.807) is 6.20 Å². The van der Waals surface area contributed by atoms with Gasteiger partial charge in [-0.3, -0.25) is 9.59 Å². The van der Waals surface area contributed by atoms with Crippen molar-refractivity contribution in [3.63, 3.8) is 0 Å². The summed E-state index contributed by atoms with van der Waals surface area (Å²) in [5.74, 6) is 0.315. The Morgan fingerprint density at radius 3 is 2.63 bits per heavy atom. The second-order valence-electron chi connectivity index (χ2n) is 6.79. The quantitative estimate of drug-likeness (QED) is 0.467. The van der Waals surface area contributed by atoms with Crippen molar-refractivity contribution in [3.8, 4) is 6.07 Å². The minimum atomic E-state index is -0.336. The summed E-state index contributed by atoms with van der Waals surface area (Å²) in [7, 11) is 0. The Labute approximate surface area is 179 Å². The predicted octanol–water partition coefficient (Wildman–Crippen LogP) is 3.33. The first-order chi connectivity index (χ1) is 14.4. The van der Waals surface area contributed by atoms with Crippen LogP contribution >= 0.6 is 11.8 Å². The first-order valence-corrected chi connectivity index (χ1v) is 10.6. The van der Waals surface area contributed by atoms with Gasteiger partial charge in [0.25, 0.3) is 5.56 Å². The fourth-order valence-electron chi connectivity index (χ4n) is 3.16. The van der Waals surface area contributed by atoms with Gasteiger partial charge in [0.1, 0.15) is 11.9 Å². The van der Waals surface area contributed by atoms with Crippen LogP contribution in [0.2, 0.25) is 0 Å². The highest BCUT2D eigenvalue weighted by molar-refractivity contribution is 7.99. The minimum absolute atomic E-state index is 0.0793. The third kappa shape index (κ3) is 4.63. The summed E-state index contributed by atoms with van der Waals surface area (Å²) < 4.78 is 3.76. The van der Waals surface area contributed by atoms with Crippen LogP contribution < -0.4 is 10.9 Å². The van der Waals surface area contributed by atoms with Gasteiger partial charge in [-0.25, -0.2) is 0 Å². The van der Waals surface area contributed by atoms with Gasteiger partial charge in [-0.2, -0.15) is 10.2 Å². The summed E-state index contributed by atoms with van der Waals surface area (Å²) in [4.78, 5) is 28.2. The summed E-state index contributed by atoms with van der Waals surface area (Å²) in [6.07, 6.45) is 1.67. The maximum absolute atomic E-state index is 12.7. The molecule has 0 unspecified atom stereocenters. The minimum Gasteiger partial charge on any atom is -0.328 e. The number of carbonyl (C=O) groups is 1. The first kappa shape index (κ1) is 21.4. The number of benzene rings is 1. The second kappa shape index (κ2) is 9.46. The zero-order valence-corrected chi connectivity index (χ0v) is 18.0. The zero-order valence-electron chi connectivity index (χ0n) is 17.2. The molecule has 2 heterocycles. The number of hydrogen-bond donors (Lipinski definition) is 1. The van der Waals surface area contributed by atoms with E-state index in [1.165, 1.54) is 17.8 Å². The van der Waals surface area contributed by atoms with Crippen LogP contribution in [-0.4, -0.2) is 25.8 Å². The molecule has 7 nitrogen and oxygen atoms in total. The van der Waals surface area contributed by atoms with E-state index >= 15 is 0 Å². The molecule has 3 rings (SSSR count). The van der Waals surface area contributed by atoms with Gasteiger partial charge < -0.3 is 14.5 Å². The Morgan fingerprint density at radius 1 is 1.23 bits per heavy atom. The molecule has 0 atom stereocenters. The molecule has 154 valence electrons. The van der Waals surface area contributed by atoms with Gasteiger partial charge in [0, 0.05) is 31.0 Å². The summed E-state index contributed by atoms with van der Waals surface area (Å²) in [6.45, 7) is 6.96. The molecular formula is C22H23N5O2S. The monoisotopic (exact) mass is 421 g/mol. The van der Waals surface area contributed by atoms with Crippen molar-refractivity contribution >= 4 is 23.5 Å². The smallest absolute Gasteiger partial charge is 0.273 e. The normalized spacial score (nSPS) is 10.6. The Kier molecular flexibility index (Phi) is 6.75. The van der Waals surface area contributed by atoms with Gasteiger partial charge in [-0.05, 0) is 31.9 Å². The molecule has 0 bridgehead atoms. The van der Waals surface area contributed by atoms with Crippen molar-refractivity contribution in [2.45, 2.75) is 39.0 Å². The zero-order chi connectivity index (χ0) is 21.7. The van der Waals surface area contributed by atoms with Gasteiger partial charge in [0.2, 0.25) is 5.91 Å². The second-order valence-corrected chi connectivity index (χ2v) is 7.73. The van der Waals surface area contributed by atoms with Crippen LogP contribution in [0, 0.1) is 25.2 Å². The average molecular weight is 422 g/mol. The largest absolute Gasteiger partial charge is 0.328 e.